The zero-order chi connectivity index (χ0) is 11.7. The summed E-state index contributed by atoms with van der Waals surface area (Å²) in [5.41, 5.74) is 2.43. The van der Waals surface area contributed by atoms with E-state index in [2.05, 4.69) is 36.4 Å². The second kappa shape index (κ2) is 4.14. The maximum Gasteiger partial charge on any atom is 0.175 e. The highest BCUT2D eigenvalue weighted by atomic mass is 79.9. The lowest BCUT2D eigenvalue weighted by molar-refractivity contribution is 1.18. The molecular weight excluding hydrogens is 282 g/mol. The molecular formula is C11H8BrN5. The molecule has 0 aliphatic heterocycles. The van der Waals surface area contributed by atoms with Gasteiger partial charge in [-0.1, -0.05) is 18.2 Å². The molecule has 0 fully saturated rings. The van der Waals surface area contributed by atoms with Crippen LogP contribution in [0.1, 0.15) is 0 Å². The zero-order valence-corrected chi connectivity index (χ0v) is 10.3. The Bertz CT molecular complexity index is 649. The van der Waals surface area contributed by atoms with Crippen molar-refractivity contribution >= 4 is 38.8 Å². The maximum absolute atomic E-state index is 4.24. The molecule has 0 radical (unpaired) electrons. The molecule has 0 spiro atoms. The molecule has 0 atom stereocenters. The van der Waals surface area contributed by atoms with Gasteiger partial charge in [-0.15, -0.1) is 0 Å². The van der Waals surface area contributed by atoms with Crippen LogP contribution in [0, 0.1) is 0 Å². The van der Waals surface area contributed by atoms with Gasteiger partial charge in [0.2, 0.25) is 0 Å². The van der Waals surface area contributed by atoms with E-state index in [1.807, 2.05) is 30.3 Å². The third-order valence-electron chi connectivity index (χ3n) is 2.33. The summed E-state index contributed by atoms with van der Waals surface area (Å²) in [4.78, 5) is 12.6. The molecule has 0 saturated heterocycles. The minimum absolute atomic E-state index is 0.694. The first kappa shape index (κ1) is 10.2. The van der Waals surface area contributed by atoms with Crippen LogP contribution in [0.2, 0.25) is 0 Å². The van der Waals surface area contributed by atoms with Crippen molar-refractivity contribution in [2.45, 2.75) is 0 Å². The summed E-state index contributed by atoms with van der Waals surface area (Å²) in [6, 6.07) is 9.83. The van der Waals surface area contributed by atoms with Crippen molar-refractivity contribution in [2.24, 2.45) is 0 Å². The van der Waals surface area contributed by atoms with E-state index in [4.69, 9.17) is 0 Å². The van der Waals surface area contributed by atoms with E-state index in [1.165, 1.54) is 6.33 Å². The lowest BCUT2D eigenvalue weighted by atomic mass is 10.3. The number of hydrogen-bond acceptors (Lipinski definition) is 4. The predicted octanol–water partition coefficient (Wildman–Crippen LogP) is 2.73. The summed E-state index contributed by atoms with van der Waals surface area (Å²) in [6.07, 6.45) is 3.16. The highest BCUT2D eigenvalue weighted by molar-refractivity contribution is 9.08. The molecule has 5 nitrogen and oxygen atoms in total. The minimum atomic E-state index is 0.694. The smallest absolute Gasteiger partial charge is 0.175 e. The Labute approximate surface area is 106 Å². The summed E-state index contributed by atoms with van der Waals surface area (Å²) < 4.78 is 1.68. The third-order valence-corrected chi connectivity index (χ3v) is 2.85. The molecule has 84 valence electrons. The molecule has 6 heteroatoms. The van der Waals surface area contributed by atoms with Gasteiger partial charge >= 0.3 is 0 Å². The van der Waals surface area contributed by atoms with Crippen molar-refractivity contribution in [2.75, 3.05) is 5.32 Å². The number of rotatable bonds is 2. The Hall–Kier alpha value is -1.95. The molecule has 0 aliphatic carbocycles. The van der Waals surface area contributed by atoms with E-state index in [0.717, 1.165) is 16.9 Å². The van der Waals surface area contributed by atoms with Crippen molar-refractivity contribution < 1.29 is 0 Å². The standard InChI is InChI=1S/C11H8BrN5/c12-17-7-15-9-10(13-6-14-11(9)17)16-8-4-2-1-3-5-8/h1-7H,(H,13,14,16). The molecule has 2 heterocycles. The Balaban J connectivity index is 2.06. The number of nitrogens with one attached hydrogen (secondary N) is 1. The number of imidazole rings is 1. The molecule has 1 aromatic carbocycles. The van der Waals surface area contributed by atoms with E-state index >= 15 is 0 Å². The number of benzene rings is 1. The average molecular weight is 290 g/mol. The lowest BCUT2D eigenvalue weighted by Gasteiger charge is -2.04. The second-order valence-electron chi connectivity index (χ2n) is 3.44. The van der Waals surface area contributed by atoms with Crippen LogP contribution >= 0.6 is 16.1 Å². The van der Waals surface area contributed by atoms with Crippen molar-refractivity contribution in [1.29, 1.82) is 0 Å². The van der Waals surface area contributed by atoms with Crippen molar-refractivity contribution in [3.63, 3.8) is 0 Å². The monoisotopic (exact) mass is 289 g/mol. The van der Waals surface area contributed by atoms with Gasteiger partial charge in [0.1, 0.15) is 12.7 Å². The molecule has 2 aromatic heterocycles. The highest BCUT2D eigenvalue weighted by Gasteiger charge is 2.08. The largest absolute Gasteiger partial charge is 0.338 e. The SMILES string of the molecule is Brn1cnc2c(Nc3ccccc3)ncnc21. The normalized spacial score (nSPS) is 10.6. The highest BCUT2D eigenvalue weighted by Crippen LogP contribution is 2.21. The van der Waals surface area contributed by atoms with E-state index in [1.54, 1.807) is 9.92 Å². The van der Waals surface area contributed by atoms with Gasteiger partial charge in [0.25, 0.3) is 0 Å². The number of halogens is 1. The molecule has 0 aliphatic rings. The van der Waals surface area contributed by atoms with E-state index in [0.29, 0.717) is 5.82 Å². The lowest BCUT2D eigenvalue weighted by Crippen LogP contribution is -1.95. The fraction of sp³-hybridized carbons (Fsp3) is 0. The maximum atomic E-state index is 4.24. The van der Waals surface area contributed by atoms with Gasteiger partial charge in [-0.25, -0.2) is 18.5 Å². The summed E-state index contributed by atoms with van der Waals surface area (Å²) in [7, 11) is 0. The van der Waals surface area contributed by atoms with Gasteiger partial charge in [-0.2, -0.15) is 0 Å². The van der Waals surface area contributed by atoms with E-state index < -0.39 is 0 Å². The van der Waals surface area contributed by atoms with Crippen LogP contribution in [-0.4, -0.2) is 18.5 Å². The number of anilines is 2. The molecule has 3 rings (SSSR count). The molecule has 1 N–H and O–H groups in total. The predicted molar refractivity (Wildman–Crippen MR) is 69.4 cm³/mol. The van der Waals surface area contributed by atoms with Gasteiger partial charge in [0, 0.05) is 5.69 Å². The Morgan fingerprint density at radius 1 is 1.06 bits per heavy atom. The van der Waals surface area contributed by atoms with Crippen LogP contribution in [0.5, 0.6) is 0 Å². The van der Waals surface area contributed by atoms with Crippen LogP contribution in [0.15, 0.2) is 43.0 Å². The number of fused-ring (bicyclic) bond motifs is 1. The van der Waals surface area contributed by atoms with Crippen molar-refractivity contribution in [3.8, 4) is 0 Å². The third kappa shape index (κ3) is 1.87. The van der Waals surface area contributed by atoms with Gasteiger partial charge < -0.3 is 5.32 Å². The first-order valence-electron chi connectivity index (χ1n) is 5.01. The van der Waals surface area contributed by atoms with Crippen LogP contribution in [0.4, 0.5) is 11.5 Å². The van der Waals surface area contributed by atoms with Crippen LogP contribution < -0.4 is 5.32 Å². The average Bonchev–Trinajstić information content (AvgIpc) is 2.74. The molecule has 3 aromatic rings. The number of hydrogen-bond donors (Lipinski definition) is 1. The molecule has 0 saturated carbocycles. The molecule has 0 amide bonds. The summed E-state index contributed by atoms with van der Waals surface area (Å²) >= 11 is 3.32. The minimum Gasteiger partial charge on any atom is -0.338 e. The quantitative estimate of drug-likeness (QED) is 0.788. The van der Waals surface area contributed by atoms with Crippen molar-refractivity contribution in [3.05, 3.63) is 43.0 Å². The Kier molecular flexibility index (Phi) is 2.49. The van der Waals surface area contributed by atoms with Gasteiger partial charge in [0.05, 0.1) is 16.1 Å². The van der Waals surface area contributed by atoms with Gasteiger partial charge in [-0.3, -0.25) is 0 Å². The second-order valence-corrected chi connectivity index (χ2v) is 4.21. The molecule has 0 unspecified atom stereocenters. The summed E-state index contributed by atoms with van der Waals surface area (Å²) in [5.74, 6) is 0.694. The Morgan fingerprint density at radius 3 is 2.71 bits per heavy atom. The Morgan fingerprint density at radius 2 is 1.88 bits per heavy atom. The zero-order valence-electron chi connectivity index (χ0n) is 8.71. The fourth-order valence-corrected chi connectivity index (χ4v) is 1.91. The van der Waals surface area contributed by atoms with Crippen LogP contribution in [0.25, 0.3) is 11.2 Å². The summed E-state index contributed by atoms with van der Waals surface area (Å²) in [6.45, 7) is 0. The molecule has 17 heavy (non-hydrogen) atoms. The van der Waals surface area contributed by atoms with E-state index in [9.17, 15) is 0 Å². The van der Waals surface area contributed by atoms with Gasteiger partial charge in [-0.05, 0) is 12.1 Å². The number of aromatic nitrogens is 4. The molecule has 0 bridgehead atoms. The van der Waals surface area contributed by atoms with E-state index in [-0.39, 0.29) is 0 Å². The first-order valence-corrected chi connectivity index (χ1v) is 5.72. The topological polar surface area (TPSA) is 55.6 Å². The fourth-order valence-electron chi connectivity index (χ4n) is 1.56. The first-order chi connectivity index (χ1) is 8.34. The van der Waals surface area contributed by atoms with Crippen LogP contribution in [0.3, 0.4) is 0 Å². The summed E-state index contributed by atoms with van der Waals surface area (Å²) in [5, 5.41) is 3.21. The van der Waals surface area contributed by atoms with Gasteiger partial charge in [0.15, 0.2) is 17.0 Å². The number of para-hydroxylation sites is 1. The number of nitrogens with zero attached hydrogens (tertiary/aromatic N) is 4. The van der Waals surface area contributed by atoms with Crippen molar-refractivity contribution in [1.82, 2.24) is 18.5 Å². The van der Waals surface area contributed by atoms with Crippen LogP contribution in [-0.2, 0) is 0 Å².